The first kappa shape index (κ1) is 13.4. The van der Waals surface area contributed by atoms with Crippen molar-refractivity contribution in [2.24, 2.45) is 0 Å². The van der Waals surface area contributed by atoms with Crippen molar-refractivity contribution in [1.29, 1.82) is 0 Å². The Bertz CT molecular complexity index is 402. The molecule has 100 valence electrons. The summed E-state index contributed by atoms with van der Waals surface area (Å²) in [5.41, 5.74) is 2.77. The van der Waals surface area contributed by atoms with Crippen molar-refractivity contribution in [3.05, 3.63) is 29.3 Å². The van der Waals surface area contributed by atoms with Crippen LogP contribution in [-0.2, 0) is 0 Å². The molecule has 2 rings (SSSR count). The molecular formula is C16H25NO. The minimum atomic E-state index is 0.235. The number of hydrogen-bond donors (Lipinski definition) is 1. The Morgan fingerprint density at radius 3 is 2.78 bits per heavy atom. The number of nitrogens with one attached hydrogen (secondary N) is 1. The number of rotatable bonds is 5. The topological polar surface area (TPSA) is 21.3 Å². The van der Waals surface area contributed by atoms with Gasteiger partial charge in [-0.15, -0.1) is 0 Å². The zero-order chi connectivity index (χ0) is 13.1. The molecule has 1 N–H and O–H groups in total. The molecular weight excluding hydrogens is 222 g/mol. The van der Waals surface area contributed by atoms with E-state index in [0.29, 0.717) is 12.0 Å². The van der Waals surface area contributed by atoms with E-state index in [-0.39, 0.29) is 6.10 Å². The van der Waals surface area contributed by atoms with Crippen LogP contribution in [0.15, 0.2) is 18.2 Å². The summed E-state index contributed by atoms with van der Waals surface area (Å²) in [6, 6.07) is 7.03. The van der Waals surface area contributed by atoms with Gasteiger partial charge in [-0.05, 0) is 43.9 Å². The van der Waals surface area contributed by atoms with Crippen molar-refractivity contribution in [3.8, 4) is 5.75 Å². The summed E-state index contributed by atoms with van der Waals surface area (Å²) in [6.45, 7) is 9.92. The molecule has 0 aliphatic carbocycles. The van der Waals surface area contributed by atoms with Crippen molar-refractivity contribution in [2.45, 2.75) is 58.6 Å². The average molecular weight is 247 g/mol. The van der Waals surface area contributed by atoms with Gasteiger partial charge < -0.3 is 10.1 Å². The predicted molar refractivity (Wildman–Crippen MR) is 76.3 cm³/mol. The monoisotopic (exact) mass is 247 g/mol. The Balaban J connectivity index is 2.24. The fourth-order valence-electron chi connectivity index (χ4n) is 2.56. The molecule has 0 fully saturated rings. The lowest BCUT2D eigenvalue weighted by Gasteiger charge is -2.17. The predicted octanol–water partition coefficient (Wildman–Crippen LogP) is 4.02. The lowest BCUT2D eigenvalue weighted by atomic mass is 9.94. The molecule has 0 spiro atoms. The van der Waals surface area contributed by atoms with E-state index in [0.717, 1.165) is 18.7 Å². The largest absolute Gasteiger partial charge is 0.488 e. The molecule has 18 heavy (non-hydrogen) atoms. The van der Waals surface area contributed by atoms with Gasteiger partial charge in [0.2, 0.25) is 0 Å². The first-order valence-electron chi connectivity index (χ1n) is 7.21. The second kappa shape index (κ2) is 5.75. The van der Waals surface area contributed by atoms with Crippen LogP contribution in [0, 0.1) is 0 Å². The molecule has 0 radical (unpaired) electrons. The third kappa shape index (κ3) is 2.54. The van der Waals surface area contributed by atoms with Crippen LogP contribution in [0.25, 0.3) is 0 Å². The van der Waals surface area contributed by atoms with Crippen molar-refractivity contribution in [1.82, 2.24) is 5.32 Å². The second-order valence-electron chi connectivity index (χ2n) is 5.36. The summed E-state index contributed by atoms with van der Waals surface area (Å²) < 4.78 is 5.92. The summed E-state index contributed by atoms with van der Waals surface area (Å²) in [6.07, 6.45) is 2.57. The third-order valence-electron chi connectivity index (χ3n) is 3.95. The molecule has 1 heterocycles. The first-order chi connectivity index (χ1) is 8.67. The Morgan fingerprint density at radius 2 is 2.11 bits per heavy atom. The molecule has 1 aromatic rings. The van der Waals surface area contributed by atoms with E-state index in [9.17, 15) is 0 Å². The van der Waals surface area contributed by atoms with Gasteiger partial charge >= 0.3 is 0 Å². The molecule has 0 saturated carbocycles. The lowest BCUT2D eigenvalue weighted by Crippen LogP contribution is -2.29. The van der Waals surface area contributed by atoms with Gasteiger partial charge in [0.15, 0.2) is 0 Å². The number of ether oxygens (including phenoxy) is 1. The van der Waals surface area contributed by atoms with E-state index in [2.05, 4.69) is 51.2 Å². The minimum absolute atomic E-state index is 0.235. The fourth-order valence-corrected chi connectivity index (χ4v) is 2.56. The van der Waals surface area contributed by atoms with E-state index in [1.807, 2.05) is 0 Å². The second-order valence-corrected chi connectivity index (χ2v) is 5.36. The molecule has 2 heteroatoms. The van der Waals surface area contributed by atoms with Gasteiger partial charge in [-0.1, -0.05) is 32.9 Å². The van der Waals surface area contributed by atoms with Crippen LogP contribution in [0.5, 0.6) is 5.75 Å². The Labute approximate surface area is 111 Å². The highest BCUT2D eigenvalue weighted by Gasteiger charge is 2.30. The van der Waals surface area contributed by atoms with E-state index in [1.54, 1.807) is 0 Å². The Hall–Kier alpha value is -1.02. The number of benzene rings is 1. The maximum atomic E-state index is 5.92. The molecule has 1 aliphatic heterocycles. The fraction of sp³-hybridized carbons (Fsp3) is 0.625. The lowest BCUT2D eigenvalue weighted by molar-refractivity contribution is 0.210. The van der Waals surface area contributed by atoms with Gasteiger partial charge in [0.1, 0.15) is 11.9 Å². The Kier molecular flexibility index (Phi) is 4.28. The summed E-state index contributed by atoms with van der Waals surface area (Å²) in [5, 5.41) is 3.60. The summed E-state index contributed by atoms with van der Waals surface area (Å²) in [4.78, 5) is 0. The zero-order valence-electron chi connectivity index (χ0n) is 12.0. The summed E-state index contributed by atoms with van der Waals surface area (Å²) in [7, 11) is 0. The summed E-state index contributed by atoms with van der Waals surface area (Å²) in [5.74, 6) is 1.68. The molecule has 0 amide bonds. The number of fused-ring (bicyclic) bond motifs is 1. The minimum Gasteiger partial charge on any atom is -0.488 e. The molecule has 1 aliphatic rings. The van der Waals surface area contributed by atoms with E-state index < -0.39 is 0 Å². The Morgan fingerprint density at radius 1 is 1.33 bits per heavy atom. The highest BCUT2D eigenvalue weighted by Crippen LogP contribution is 2.38. The highest BCUT2D eigenvalue weighted by molar-refractivity contribution is 5.44. The maximum Gasteiger partial charge on any atom is 0.124 e. The van der Waals surface area contributed by atoms with Crippen molar-refractivity contribution in [2.75, 3.05) is 6.54 Å². The van der Waals surface area contributed by atoms with Crippen LogP contribution >= 0.6 is 0 Å². The van der Waals surface area contributed by atoms with Crippen molar-refractivity contribution in [3.63, 3.8) is 0 Å². The third-order valence-corrected chi connectivity index (χ3v) is 3.95. The van der Waals surface area contributed by atoms with Crippen LogP contribution in [0.3, 0.4) is 0 Å². The van der Waals surface area contributed by atoms with Gasteiger partial charge in [0, 0.05) is 5.56 Å². The van der Waals surface area contributed by atoms with Crippen LogP contribution in [0.1, 0.15) is 63.6 Å². The van der Waals surface area contributed by atoms with Crippen LogP contribution < -0.4 is 10.1 Å². The van der Waals surface area contributed by atoms with Gasteiger partial charge in [0.05, 0.1) is 6.04 Å². The van der Waals surface area contributed by atoms with Crippen molar-refractivity contribution >= 4 is 0 Å². The molecule has 2 nitrogen and oxygen atoms in total. The van der Waals surface area contributed by atoms with Gasteiger partial charge in [0.25, 0.3) is 0 Å². The molecule has 0 aromatic heterocycles. The molecule has 3 atom stereocenters. The van der Waals surface area contributed by atoms with Crippen LogP contribution in [0.2, 0.25) is 0 Å². The van der Waals surface area contributed by atoms with Gasteiger partial charge in [-0.2, -0.15) is 0 Å². The maximum absolute atomic E-state index is 5.92. The number of hydrogen-bond acceptors (Lipinski definition) is 2. The van der Waals surface area contributed by atoms with E-state index in [1.165, 1.54) is 17.5 Å². The smallest absolute Gasteiger partial charge is 0.124 e. The van der Waals surface area contributed by atoms with Gasteiger partial charge in [-0.25, -0.2) is 0 Å². The zero-order valence-corrected chi connectivity index (χ0v) is 12.0. The summed E-state index contributed by atoms with van der Waals surface area (Å²) >= 11 is 0. The highest BCUT2D eigenvalue weighted by atomic mass is 16.5. The normalized spacial score (nSPS) is 23.6. The van der Waals surface area contributed by atoms with Crippen LogP contribution in [0.4, 0.5) is 0 Å². The van der Waals surface area contributed by atoms with E-state index in [4.69, 9.17) is 4.74 Å². The SMILES string of the molecule is CCCNC1c2cc(C(C)CC)ccc2OC1C. The first-order valence-corrected chi connectivity index (χ1v) is 7.21. The molecule has 1 aromatic carbocycles. The molecule has 3 unspecified atom stereocenters. The molecule has 0 bridgehead atoms. The van der Waals surface area contributed by atoms with Gasteiger partial charge in [-0.3, -0.25) is 0 Å². The van der Waals surface area contributed by atoms with E-state index >= 15 is 0 Å². The van der Waals surface area contributed by atoms with Crippen molar-refractivity contribution < 1.29 is 4.74 Å². The quantitative estimate of drug-likeness (QED) is 0.848. The van der Waals surface area contributed by atoms with Crippen LogP contribution in [-0.4, -0.2) is 12.6 Å². The standard InChI is InChI=1S/C16H25NO/c1-5-9-17-16-12(4)18-15-8-7-13(10-14(15)16)11(3)6-2/h7-8,10-12,16-17H,5-6,9H2,1-4H3. The molecule has 0 saturated heterocycles. The average Bonchev–Trinajstić information content (AvgIpc) is 2.70.